The van der Waals surface area contributed by atoms with Gasteiger partial charge in [0, 0.05) is 24.0 Å². The number of aryl methyl sites for hydroxylation is 1. The summed E-state index contributed by atoms with van der Waals surface area (Å²) in [6.07, 6.45) is 3.39. The number of hydrogen-bond acceptors (Lipinski definition) is 4. The Morgan fingerprint density at radius 1 is 1.05 bits per heavy atom. The van der Waals surface area contributed by atoms with Gasteiger partial charge in [-0.3, -0.25) is 4.98 Å². The summed E-state index contributed by atoms with van der Waals surface area (Å²) in [5, 5.41) is 4.17. The predicted molar refractivity (Wildman–Crippen MR) is 89.7 cm³/mol. The summed E-state index contributed by atoms with van der Waals surface area (Å²) in [4.78, 5) is 12.8. The van der Waals surface area contributed by atoms with Crippen LogP contribution in [0, 0.1) is 6.92 Å². The summed E-state index contributed by atoms with van der Waals surface area (Å²) >= 11 is 12.3. The molecule has 1 aromatic carbocycles. The smallest absolute Gasteiger partial charge is 0.164 e. The van der Waals surface area contributed by atoms with Crippen LogP contribution >= 0.6 is 23.2 Å². The molecule has 0 aliphatic carbocycles. The van der Waals surface area contributed by atoms with Crippen LogP contribution in [0.25, 0.3) is 11.4 Å². The first-order chi connectivity index (χ1) is 10.6. The van der Waals surface area contributed by atoms with Crippen LogP contribution in [0.2, 0.25) is 10.2 Å². The molecule has 6 heteroatoms. The summed E-state index contributed by atoms with van der Waals surface area (Å²) in [5.41, 5.74) is 2.62. The third-order valence-electron chi connectivity index (χ3n) is 3.09. The zero-order chi connectivity index (χ0) is 15.5. The summed E-state index contributed by atoms with van der Waals surface area (Å²) in [5.74, 6) is 1.09. The maximum atomic E-state index is 6.23. The van der Waals surface area contributed by atoms with E-state index in [0.29, 0.717) is 21.8 Å². The lowest BCUT2D eigenvalue weighted by Crippen LogP contribution is -2.00. The molecular weight excluding hydrogens is 319 g/mol. The van der Waals surface area contributed by atoms with Gasteiger partial charge in [0.15, 0.2) is 5.82 Å². The van der Waals surface area contributed by atoms with E-state index >= 15 is 0 Å². The molecule has 1 N–H and O–H groups in total. The van der Waals surface area contributed by atoms with Gasteiger partial charge < -0.3 is 5.32 Å². The molecule has 0 fully saturated rings. The van der Waals surface area contributed by atoms with Gasteiger partial charge in [0.2, 0.25) is 0 Å². The summed E-state index contributed by atoms with van der Waals surface area (Å²) in [6, 6.07) is 11.1. The van der Waals surface area contributed by atoms with Crippen LogP contribution < -0.4 is 5.32 Å². The number of nitrogens with zero attached hydrogens (tertiary/aromatic N) is 3. The Morgan fingerprint density at radius 2 is 1.91 bits per heavy atom. The molecule has 0 atom stereocenters. The molecule has 3 rings (SSSR count). The molecule has 0 unspecified atom stereocenters. The lowest BCUT2D eigenvalue weighted by molar-refractivity contribution is 1.16. The molecule has 0 radical (unpaired) electrons. The number of benzene rings is 1. The van der Waals surface area contributed by atoms with Crippen molar-refractivity contribution in [2.75, 3.05) is 5.32 Å². The molecule has 0 aliphatic rings. The highest BCUT2D eigenvalue weighted by Gasteiger charge is 2.09. The number of hydrogen-bond donors (Lipinski definition) is 1. The number of para-hydroxylation sites is 1. The van der Waals surface area contributed by atoms with Crippen molar-refractivity contribution in [3.05, 3.63) is 64.5 Å². The fraction of sp³-hybridized carbons (Fsp3) is 0.0625. The molecule has 3 aromatic rings. The highest BCUT2D eigenvalue weighted by atomic mass is 35.5. The number of pyridine rings is 1. The van der Waals surface area contributed by atoms with Gasteiger partial charge in [0.1, 0.15) is 11.0 Å². The van der Waals surface area contributed by atoms with E-state index in [-0.39, 0.29) is 0 Å². The summed E-state index contributed by atoms with van der Waals surface area (Å²) in [7, 11) is 0. The van der Waals surface area contributed by atoms with E-state index in [4.69, 9.17) is 23.2 Å². The van der Waals surface area contributed by atoms with Crippen molar-refractivity contribution in [1.29, 1.82) is 0 Å². The topological polar surface area (TPSA) is 50.7 Å². The lowest BCUT2D eigenvalue weighted by atomic mass is 10.2. The van der Waals surface area contributed by atoms with Crippen molar-refractivity contribution >= 4 is 34.7 Å². The highest BCUT2D eigenvalue weighted by Crippen LogP contribution is 2.29. The normalized spacial score (nSPS) is 10.5. The van der Waals surface area contributed by atoms with E-state index in [2.05, 4.69) is 20.3 Å². The Labute approximate surface area is 138 Å². The second-order valence-electron chi connectivity index (χ2n) is 4.70. The fourth-order valence-electron chi connectivity index (χ4n) is 2.02. The van der Waals surface area contributed by atoms with Gasteiger partial charge in [-0.05, 0) is 30.7 Å². The van der Waals surface area contributed by atoms with Crippen LogP contribution in [0.5, 0.6) is 0 Å². The summed E-state index contributed by atoms with van der Waals surface area (Å²) < 4.78 is 0. The Bertz CT molecular complexity index is 786. The zero-order valence-corrected chi connectivity index (χ0v) is 13.2. The van der Waals surface area contributed by atoms with Crippen LogP contribution in [0.3, 0.4) is 0 Å². The predicted octanol–water partition coefficient (Wildman–Crippen LogP) is 4.90. The number of anilines is 2. The van der Waals surface area contributed by atoms with Gasteiger partial charge in [0.05, 0.1) is 10.7 Å². The Balaban J connectivity index is 2.00. The SMILES string of the molecule is Cc1cccc(Cl)c1Nc1cc(Cl)nc(-c2cccnc2)n1. The number of nitrogens with one attached hydrogen (secondary N) is 1. The van der Waals surface area contributed by atoms with Gasteiger partial charge in [-0.1, -0.05) is 35.3 Å². The third-order valence-corrected chi connectivity index (χ3v) is 3.60. The van der Waals surface area contributed by atoms with Crippen molar-refractivity contribution in [3.8, 4) is 11.4 Å². The standard InChI is InChI=1S/C16H12Cl2N4/c1-10-4-2-6-12(17)15(10)21-14-8-13(18)20-16(22-14)11-5-3-7-19-9-11/h2-9H,1H3,(H,20,21,22). The molecule has 0 aliphatic heterocycles. The van der Waals surface area contributed by atoms with E-state index in [9.17, 15) is 0 Å². The molecule has 0 spiro atoms. The minimum atomic E-state index is 0.348. The van der Waals surface area contributed by atoms with Crippen molar-refractivity contribution in [1.82, 2.24) is 15.0 Å². The van der Waals surface area contributed by atoms with Gasteiger partial charge in [0.25, 0.3) is 0 Å². The van der Waals surface area contributed by atoms with Gasteiger partial charge in [-0.25, -0.2) is 9.97 Å². The average Bonchev–Trinajstić information content (AvgIpc) is 2.51. The maximum Gasteiger partial charge on any atom is 0.164 e. The van der Waals surface area contributed by atoms with E-state index < -0.39 is 0 Å². The molecule has 2 aromatic heterocycles. The van der Waals surface area contributed by atoms with E-state index in [1.54, 1.807) is 18.5 Å². The largest absolute Gasteiger partial charge is 0.339 e. The van der Waals surface area contributed by atoms with Crippen LogP contribution in [0.4, 0.5) is 11.5 Å². The summed E-state index contributed by atoms with van der Waals surface area (Å²) in [6.45, 7) is 1.97. The minimum Gasteiger partial charge on any atom is -0.339 e. The molecular formula is C16H12Cl2N4. The molecule has 0 amide bonds. The Hall–Kier alpha value is -2.17. The monoisotopic (exact) mass is 330 g/mol. The quantitative estimate of drug-likeness (QED) is 0.694. The van der Waals surface area contributed by atoms with Crippen LogP contribution in [0.15, 0.2) is 48.8 Å². The van der Waals surface area contributed by atoms with Gasteiger partial charge in [-0.15, -0.1) is 0 Å². The third kappa shape index (κ3) is 3.18. The number of halogens is 2. The minimum absolute atomic E-state index is 0.348. The van der Waals surface area contributed by atoms with E-state index in [1.165, 1.54) is 0 Å². The van der Waals surface area contributed by atoms with Crippen molar-refractivity contribution in [2.24, 2.45) is 0 Å². The zero-order valence-electron chi connectivity index (χ0n) is 11.7. The lowest BCUT2D eigenvalue weighted by Gasteiger charge is -2.11. The molecule has 22 heavy (non-hydrogen) atoms. The van der Waals surface area contributed by atoms with Crippen LogP contribution in [-0.4, -0.2) is 15.0 Å². The molecule has 2 heterocycles. The maximum absolute atomic E-state index is 6.23. The first-order valence-corrected chi connectivity index (χ1v) is 7.36. The molecule has 0 saturated heterocycles. The molecule has 4 nitrogen and oxygen atoms in total. The second kappa shape index (κ2) is 6.30. The first kappa shape index (κ1) is 14.8. The average molecular weight is 331 g/mol. The molecule has 110 valence electrons. The van der Waals surface area contributed by atoms with Gasteiger partial charge in [-0.2, -0.15) is 0 Å². The van der Waals surface area contributed by atoms with Crippen molar-refractivity contribution in [2.45, 2.75) is 6.92 Å². The van der Waals surface area contributed by atoms with Crippen molar-refractivity contribution in [3.63, 3.8) is 0 Å². The molecule has 0 saturated carbocycles. The number of aromatic nitrogens is 3. The first-order valence-electron chi connectivity index (χ1n) is 6.60. The van der Waals surface area contributed by atoms with Gasteiger partial charge >= 0.3 is 0 Å². The highest BCUT2D eigenvalue weighted by molar-refractivity contribution is 6.33. The Morgan fingerprint density at radius 3 is 2.64 bits per heavy atom. The van der Waals surface area contributed by atoms with Crippen LogP contribution in [-0.2, 0) is 0 Å². The van der Waals surface area contributed by atoms with E-state index in [0.717, 1.165) is 16.8 Å². The number of rotatable bonds is 3. The van der Waals surface area contributed by atoms with Crippen molar-refractivity contribution < 1.29 is 0 Å². The van der Waals surface area contributed by atoms with E-state index in [1.807, 2.05) is 37.3 Å². The molecule has 0 bridgehead atoms. The fourth-order valence-corrected chi connectivity index (χ4v) is 2.48. The van der Waals surface area contributed by atoms with Crippen LogP contribution in [0.1, 0.15) is 5.56 Å². The Kier molecular flexibility index (Phi) is 4.22. The second-order valence-corrected chi connectivity index (χ2v) is 5.49.